The van der Waals surface area contributed by atoms with Crippen LogP contribution < -0.4 is 0 Å². The lowest BCUT2D eigenvalue weighted by molar-refractivity contribution is 0.0601. The fourth-order valence-corrected chi connectivity index (χ4v) is 1.56. The van der Waals surface area contributed by atoms with Crippen molar-refractivity contribution in [3.8, 4) is 0 Å². The molecule has 1 aromatic carbocycles. The van der Waals surface area contributed by atoms with Gasteiger partial charge in [-0.15, -0.1) is 0 Å². The number of aryl methyl sites for hydroxylation is 2. The lowest BCUT2D eigenvalue weighted by Crippen LogP contribution is -2.01. The molecule has 15 heavy (non-hydrogen) atoms. The fraction of sp³-hybridized carbons (Fsp3) is 0.273. The first-order valence-corrected chi connectivity index (χ1v) is 4.65. The molecule has 2 rings (SSSR count). The number of methoxy groups -OCH3 is 1. The summed E-state index contributed by atoms with van der Waals surface area (Å²) in [7, 11) is 3.30. The summed E-state index contributed by atoms with van der Waals surface area (Å²) in [6.45, 7) is 1.93. The molecule has 0 spiro atoms. The fourth-order valence-electron chi connectivity index (χ4n) is 1.56. The molecule has 2 aromatic rings. The van der Waals surface area contributed by atoms with Crippen LogP contribution in [0.5, 0.6) is 0 Å². The summed E-state index contributed by atoms with van der Waals surface area (Å²) in [5.41, 5.74) is 2.38. The third kappa shape index (κ3) is 1.48. The summed E-state index contributed by atoms with van der Waals surface area (Å²) >= 11 is 0. The summed E-state index contributed by atoms with van der Waals surface area (Å²) in [5.74, 6) is 0.600. The van der Waals surface area contributed by atoms with Crippen molar-refractivity contribution in [1.82, 2.24) is 9.55 Å². The predicted octanol–water partition coefficient (Wildman–Crippen LogP) is 1.67. The van der Waals surface area contributed by atoms with Gasteiger partial charge in [0.25, 0.3) is 0 Å². The minimum atomic E-state index is -0.323. The van der Waals surface area contributed by atoms with Crippen LogP contribution in [0.1, 0.15) is 16.2 Å². The SMILES string of the molecule is COC(=O)c1ccc2nc(C)n(C)c2c1. The van der Waals surface area contributed by atoms with Crippen LogP contribution in [0.2, 0.25) is 0 Å². The summed E-state index contributed by atoms with van der Waals surface area (Å²) in [5, 5.41) is 0. The quantitative estimate of drug-likeness (QED) is 0.664. The first-order chi connectivity index (χ1) is 7.13. The topological polar surface area (TPSA) is 44.1 Å². The Labute approximate surface area is 87.5 Å². The van der Waals surface area contributed by atoms with Crippen molar-refractivity contribution in [2.45, 2.75) is 6.92 Å². The van der Waals surface area contributed by atoms with E-state index >= 15 is 0 Å². The Morgan fingerprint density at radius 1 is 1.47 bits per heavy atom. The van der Waals surface area contributed by atoms with E-state index in [-0.39, 0.29) is 5.97 Å². The number of esters is 1. The molecule has 4 nitrogen and oxygen atoms in total. The summed E-state index contributed by atoms with van der Waals surface area (Å²) in [6.07, 6.45) is 0. The maximum absolute atomic E-state index is 11.3. The number of imidazole rings is 1. The van der Waals surface area contributed by atoms with Gasteiger partial charge in [-0.25, -0.2) is 9.78 Å². The second-order valence-electron chi connectivity index (χ2n) is 3.41. The molecule has 0 aliphatic rings. The number of ether oxygens (including phenoxy) is 1. The van der Waals surface area contributed by atoms with E-state index in [4.69, 9.17) is 0 Å². The molecule has 0 aliphatic carbocycles. The lowest BCUT2D eigenvalue weighted by atomic mass is 10.2. The highest BCUT2D eigenvalue weighted by Gasteiger charge is 2.09. The minimum Gasteiger partial charge on any atom is -0.465 e. The van der Waals surface area contributed by atoms with Gasteiger partial charge in [-0.1, -0.05) is 0 Å². The van der Waals surface area contributed by atoms with Crippen LogP contribution >= 0.6 is 0 Å². The highest BCUT2D eigenvalue weighted by atomic mass is 16.5. The van der Waals surface area contributed by atoms with Crippen molar-refractivity contribution in [2.24, 2.45) is 7.05 Å². The van der Waals surface area contributed by atoms with Crippen molar-refractivity contribution >= 4 is 17.0 Å². The molecular weight excluding hydrogens is 192 g/mol. The number of carbonyl (C=O) groups excluding carboxylic acids is 1. The van der Waals surface area contributed by atoms with E-state index in [0.717, 1.165) is 16.9 Å². The zero-order chi connectivity index (χ0) is 11.0. The van der Waals surface area contributed by atoms with Crippen molar-refractivity contribution in [2.75, 3.05) is 7.11 Å². The van der Waals surface area contributed by atoms with Crippen LogP contribution in [0.4, 0.5) is 0 Å². The van der Waals surface area contributed by atoms with Crippen molar-refractivity contribution in [1.29, 1.82) is 0 Å². The third-order valence-electron chi connectivity index (χ3n) is 2.53. The zero-order valence-electron chi connectivity index (χ0n) is 8.94. The molecule has 4 heteroatoms. The second-order valence-corrected chi connectivity index (χ2v) is 3.41. The van der Waals surface area contributed by atoms with Gasteiger partial charge < -0.3 is 9.30 Å². The first kappa shape index (κ1) is 9.71. The second kappa shape index (κ2) is 3.38. The number of hydrogen-bond donors (Lipinski definition) is 0. The van der Waals surface area contributed by atoms with Gasteiger partial charge in [0.1, 0.15) is 5.82 Å². The molecule has 0 unspecified atom stereocenters. The van der Waals surface area contributed by atoms with E-state index in [9.17, 15) is 4.79 Å². The number of hydrogen-bond acceptors (Lipinski definition) is 3. The molecule has 78 valence electrons. The number of benzene rings is 1. The lowest BCUT2D eigenvalue weighted by Gasteiger charge is -2.00. The largest absolute Gasteiger partial charge is 0.465 e. The van der Waals surface area contributed by atoms with E-state index in [1.165, 1.54) is 7.11 Å². The maximum atomic E-state index is 11.3. The van der Waals surface area contributed by atoms with Crippen LogP contribution in [-0.2, 0) is 11.8 Å². The predicted molar refractivity (Wildman–Crippen MR) is 56.8 cm³/mol. The van der Waals surface area contributed by atoms with Gasteiger partial charge in [-0.3, -0.25) is 0 Å². The Balaban J connectivity index is 2.64. The Morgan fingerprint density at radius 3 is 2.87 bits per heavy atom. The Hall–Kier alpha value is -1.84. The number of fused-ring (bicyclic) bond motifs is 1. The maximum Gasteiger partial charge on any atom is 0.337 e. The first-order valence-electron chi connectivity index (χ1n) is 4.65. The number of aromatic nitrogens is 2. The van der Waals surface area contributed by atoms with E-state index in [1.54, 1.807) is 12.1 Å². The van der Waals surface area contributed by atoms with Gasteiger partial charge in [0.15, 0.2) is 0 Å². The summed E-state index contributed by atoms with van der Waals surface area (Å²) in [6, 6.07) is 5.34. The highest BCUT2D eigenvalue weighted by Crippen LogP contribution is 2.16. The normalized spacial score (nSPS) is 10.6. The molecule has 1 heterocycles. The van der Waals surface area contributed by atoms with Gasteiger partial charge >= 0.3 is 5.97 Å². The van der Waals surface area contributed by atoms with E-state index < -0.39 is 0 Å². The molecular formula is C11H12N2O2. The van der Waals surface area contributed by atoms with E-state index in [0.29, 0.717) is 5.56 Å². The van der Waals surface area contributed by atoms with E-state index in [2.05, 4.69) is 9.72 Å². The number of nitrogens with zero attached hydrogens (tertiary/aromatic N) is 2. The third-order valence-corrected chi connectivity index (χ3v) is 2.53. The number of carbonyl (C=O) groups is 1. The van der Waals surface area contributed by atoms with Crippen molar-refractivity contribution in [3.05, 3.63) is 29.6 Å². The Kier molecular flexibility index (Phi) is 2.19. The Morgan fingerprint density at radius 2 is 2.20 bits per heavy atom. The van der Waals surface area contributed by atoms with Gasteiger partial charge in [0.05, 0.1) is 23.7 Å². The van der Waals surface area contributed by atoms with Crippen LogP contribution in [-0.4, -0.2) is 22.6 Å². The average Bonchev–Trinajstić information content (AvgIpc) is 2.54. The van der Waals surface area contributed by atoms with Crippen LogP contribution in [0.3, 0.4) is 0 Å². The smallest absolute Gasteiger partial charge is 0.337 e. The van der Waals surface area contributed by atoms with Crippen LogP contribution in [0.25, 0.3) is 11.0 Å². The van der Waals surface area contributed by atoms with Crippen LogP contribution in [0, 0.1) is 6.92 Å². The molecule has 0 atom stereocenters. The minimum absolute atomic E-state index is 0.323. The average molecular weight is 204 g/mol. The molecule has 0 saturated carbocycles. The molecule has 1 aromatic heterocycles. The van der Waals surface area contributed by atoms with Gasteiger partial charge in [0, 0.05) is 7.05 Å². The van der Waals surface area contributed by atoms with Crippen LogP contribution in [0.15, 0.2) is 18.2 Å². The molecule has 0 bridgehead atoms. The van der Waals surface area contributed by atoms with Crippen molar-refractivity contribution < 1.29 is 9.53 Å². The molecule has 0 fully saturated rings. The molecule has 0 amide bonds. The molecule has 0 saturated heterocycles. The Bertz CT molecular complexity index is 529. The molecule has 0 aliphatic heterocycles. The van der Waals surface area contributed by atoms with Gasteiger partial charge in [-0.05, 0) is 25.1 Å². The standard InChI is InChI=1S/C11H12N2O2/c1-7-12-9-5-4-8(11(14)15-3)6-10(9)13(7)2/h4-6H,1-3H3. The molecule has 0 N–H and O–H groups in total. The molecule has 0 radical (unpaired) electrons. The monoisotopic (exact) mass is 204 g/mol. The zero-order valence-corrected chi connectivity index (χ0v) is 8.94. The van der Waals surface area contributed by atoms with Crippen molar-refractivity contribution in [3.63, 3.8) is 0 Å². The summed E-state index contributed by atoms with van der Waals surface area (Å²) < 4.78 is 6.61. The summed E-state index contributed by atoms with van der Waals surface area (Å²) in [4.78, 5) is 15.7. The van der Waals surface area contributed by atoms with Gasteiger partial charge in [-0.2, -0.15) is 0 Å². The van der Waals surface area contributed by atoms with E-state index in [1.807, 2.05) is 24.6 Å². The number of rotatable bonds is 1. The highest BCUT2D eigenvalue weighted by molar-refractivity contribution is 5.93. The van der Waals surface area contributed by atoms with Gasteiger partial charge in [0.2, 0.25) is 0 Å².